The molecule has 0 radical (unpaired) electrons. The number of piperidine rings is 1. The third kappa shape index (κ3) is 7.02. The van der Waals surface area contributed by atoms with Crippen molar-refractivity contribution in [2.24, 2.45) is 0 Å². The molecule has 242 valence electrons. The summed E-state index contributed by atoms with van der Waals surface area (Å²) in [7, 11) is 1.51. The molecule has 1 unspecified atom stereocenters. The van der Waals surface area contributed by atoms with Gasteiger partial charge >= 0.3 is 0 Å². The van der Waals surface area contributed by atoms with E-state index in [9.17, 15) is 19.2 Å². The number of hydrogen-bond donors (Lipinski definition) is 2. The van der Waals surface area contributed by atoms with Gasteiger partial charge in [-0.2, -0.15) is 0 Å². The molecule has 1 atom stereocenters. The average molecular weight is 654 g/mol. The predicted molar refractivity (Wildman–Crippen MR) is 176 cm³/mol. The number of likely N-dealkylation sites (N-methyl/N-ethyl adjacent to an activating group) is 1. The molecule has 1 saturated heterocycles. The first-order valence-electron chi connectivity index (χ1n) is 15.4. The second-order valence-electron chi connectivity index (χ2n) is 12.3. The van der Waals surface area contributed by atoms with Gasteiger partial charge in [0.2, 0.25) is 11.8 Å². The first-order valence-corrected chi connectivity index (χ1v) is 16.3. The predicted octanol–water partition coefficient (Wildman–Crippen LogP) is 5.37. The third-order valence-corrected chi connectivity index (χ3v) is 9.44. The van der Waals surface area contributed by atoms with E-state index in [2.05, 4.69) is 58.9 Å². The molecule has 1 aromatic heterocycles. The van der Waals surface area contributed by atoms with Crippen LogP contribution in [0.3, 0.4) is 0 Å². The Morgan fingerprint density at radius 2 is 1.70 bits per heavy atom. The minimum Gasteiger partial charge on any atom is -0.490 e. The summed E-state index contributed by atoms with van der Waals surface area (Å²) in [6.45, 7) is 4.36. The van der Waals surface area contributed by atoms with E-state index in [1.165, 1.54) is 23.3 Å². The maximum Gasteiger partial charge on any atom is 0.299 e. The molecule has 2 aliphatic rings. The maximum absolute atomic E-state index is 13.3. The Morgan fingerprint density at radius 1 is 1.02 bits per heavy atom. The van der Waals surface area contributed by atoms with Crippen molar-refractivity contribution in [3.05, 3.63) is 94.5 Å². The van der Waals surface area contributed by atoms with E-state index in [0.717, 1.165) is 29.7 Å². The molecular weight excluding hydrogens is 618 g/mol. The monoisotopic (exact) mass is 653 g/mol. The lowest BCUT2D eigenvalue weighted by molar-refractivity contribution is -0.136. The van der Waals surface area contributed by atoms with Crippen LogP contribution in [0.5, 0.6) is 16.7 Å². The second-order valence-corrected chi connectivity index (χ2v) is 13.1. The second kappa shape index (κ2) is 13.3. The van der Waals surface area contributed by atoms with Gasteiger partial charge in [-0.1, -0.05) is 54.5 Å². The Bertz CT molecular complexity index is 1770. The Morgan fingerprint density at radius 3 is 2.32 bits per heavy atom. The van der Waals surface area contributed by atoms with Gasteiger partial charge in [-0.05, 0) is 60.0 Å². The lowest BCUT2D eigenvalue weighted by Gasteiger charge is -2.36. The van der Waals surface area contributed by atoms with Crippen molar-refractivity contribution >= 4 is 41.0 Å². The Balaban J connectivity index is 1.02. The lowest BCUT2D eigenvalue weighted by Crippen LogP contribution is -2.53. The van der Waals surface area contributed by atoms with Crippen LogP contribution in [0.4, 0.5) is 5.69 Å². The Kier molecular flexibility index (Phi) is 9.04. The fourth-order valence-corrected chi connectivity index (χ4v) is 6.31. The summed E-state index contributed by atoms with van der Waals surface area (Å²) >= 11 is 1.34. The molecule has 11 nitrogen and oxygen atoms in total. The minimum atomic E-state index is -0.777. The number of aldehydes is 1. The lowest BCUT2D eigenvalue weighted by atomic mass is 9.78. The summed E-state index contributed by atoms with van der Waals surface area (Å²) in [5, 5.41) is 13.9. The number of carbonyl (C=O) groups excluding carboxylic acids is 4. The van der Waals surface area contributed by atoms with E-state index in [4.69, 9.17) is 9.47 Å². The molecule has 3 aromatic carbocycles. The van der Waals surface area contributed by atoms with Crippen LogP contribution >= 0.6 is 11.3 Å². The molecule has 0 spiro atoms. The van der Waals surface area contributed by atoms with E-state index < -0.39 is 17.9 Å². The quantitative estimate of drug-likeness (QED) is 0.162. The summed E-state index contributed by atoms with van der Waals surface area (Å²) in [5.74, 6) is 0.185. The first kappa shape index (κ1) is 31.9. The van der Waals surface area contributed by atoms with Crippen LogP contribution in [-0.2, 0) is 15.0 Å². The van der Waals surface area contributed by atoms with Gasteiger partial charge in [-0.25, -0.2) is 0 Å². The molecule has 47 heavy (non-hydrogen) atoms. The largest absolute Gasteiger partial charge is 0.490 e. The number of ether oxygens (including phenoxy) is 2. The van der Waals surface area contributed by atoms with Crippen molar-refractivity contribution in [1.29, 1.82) is 0 Å². The van der Waals surface area contributed by atoms with Crippen molar-refractivity contribution in [2.75, 3.05) is 12.4 Å². The normalized spacial score (nSPS) is 19.3. The minimum absolute atomic E-state index is 0.0425. The van der Waals surface area contributed by atoms with Gasteiger partial charge < -0.3 is 19.7 Å². The summed E-state index contributed by atoms with van der Waals surface area (Å²) < 4.78 is 12.0. The highest BCUT2D eigenvalue weighted by molar-refractivity contribution is 7.11. The van der Waals surface area contributed by atoms with Crippen molar-refractivity contribution in [2.45, 2.75) is 63.1 Å². The van der Waals surface area contributed by atoms with Gasteiger partial charge in [0.15, 0.2) is 6.29 Å². The van der Waals surface area contributed by atoms with Crippen LogP contribution in [0.15, 0.2) is 72.2 Å². The van der Waals surface area contributed by atoms with Gasteiger partial charge in [0.1, 0.15) is 29.2 Å². The number of carbonyl (C=O) groups is 4. The molecule has 1 aliphatic carbocycles. The first-order chi connectivity index (χ1) is 22.6. The van der Waals surface area contributed by atoms with Gasteiger partial charge in [-0.3, -0.25) is 24.5 Å². The zero-order valence-corrected chi connectivity index (χ0v) is 27.1. The molecule has 2 fully saturated rings. The zero-order valence-electron chi connectivity index (χ0n) is 26.3. The SMILES string of the molecule is CN(C(=O)c1cc(NC2CC(Oc3ccc(C(C)(C)c4ccc(Oc5nncs5)cc4)cc3)C2)ccc1C=O)C1CCC(=O)NC1=O. The van der Waals surface area contributed by atoms with Crippen molar-refractivity contribution in [3.63, 3.8) is 0 Å². The number of hydrogen-bond acceptors (Lipinski definition) is 10. The number of nitrogens with zero attached hydrogens (tertiary/aromatic N) is 3. The molecule has 6 rings (SSSR count). The van der Waals surface area contributed by atoms with Crippen LogP contribution in [0, 0.1) is 0 Å². The van der Waals surface area contributed by atoms with Crippen LogP contribution in [0.1, 0.15) is 71.4 Å². The number of anilines is 1. The van der Waals surface area contributed by atoms with Crippen molar-refractivity contribution in [1.82, 2.24) is 20.4 Å². The Hall–Kier alpha value is -5.10. The number of aromatic nitrogens is 2. The molecule has 12 heteroatoms. The van der Waals surface area contributed by atoms with Gasteiger partial charge in [0, 0.05) is 49.0 Å². The third-order valence-electron chi connectivity index (χ3n) is 8.87. The van der Waals surface area contributed by atoms with E-state index in [1.54, 1.807) is 23.7 Å². The number of imide groups is 1. The molecule has 3 amide bonds. The summed E-state index contributed by atoms with van der Waals surface area (Å²) in [4.78, 5) is 50.2. The molecule has 1 aliphatic heterocycles. The van der Waals surface area contributed by atoms with Crippen molar-refractivity contribution in [3.8, 4) is 16.7 Å². The number of nitrogens with one attached hydrogen (secondary N) is 2. The summed E-state index contributed by atoms with van der Waals surface area (Å²) in [6.07, 6.45) is 2.61. The van der Waals surface area contributed by atoms with Gasteiger partial charge in [-0.15, -0.1) is 5.10 Å². The molecule has 4 aromatic rings. The average Bonchev–Trinajstić information content (AvgIpc) is 3.56. The van der Waals surface area contributed by atoms with Crippen molar-refractivity contribution < 1.29 is 28.7 Å². The Labute approximate surface area is 276 Å². The molecular formula is C35H35N5O6S. The van der Waals surface area contributed by atoms with E-state index in [-0.39, 0.29) is 47.4 Å². The highest BCUT2D eigenvalue weighted by Gasteiger charge is 2.34. The molecule has 2 N–H and O–H groups in total. The number of benzene rings is 3. The van der Waals surface area contributed by atoms with Crippen LogP contribution in [0.2, 0.25) is 0 Å². The fourth-order valence-electron chi connectivity index (χ4n) is 5.89. The summed E-state index contributed by atoms with van der Waals surface area (Å²) in [5.41, 5.74) is 4.83. The van der Waals surface area contributed by atoms with Gasteiger partial charge in [0.05, 0.1) is 5.56 Å². The fraction of sp³-hybridized carbons (Fsp3) is 0.314. The van der Waals surface area contributed by atoms with Gasteiger partial charge in [0.25, 0.3) is 11.1 Å². The number of amides is 3. The van der Waals surface area contributed by atoms with E-state index >= 15 is 0 Å². The topological polar surface area (TPSA) is 140 Å². The zero-order chi connectivity index (χ0) is 33.1. The number of rotatable bonds is 11. The maximum atomic E-state index is 13.3. The van der Waals surface area contributed by atoms with E-state index in [0.29, 0.717) is 22.9 Å². The van der Waals surface area contributed by atoms with Crippen LogP contribution < -0.4 is 20.1 Å². The molecule has 0 bridgehead atoms. The highest BCUT2D eigenvalue weighted by atomic mass is 32.1. The highest BCUT2D eigenvalue weighted by Crippen LogP contribution is 2.35. The molecule has 2 heterocycles. The van der Waals surface area contributed by atoms with E-state index in [1.807, 2.05) is 24.3 Å². The summed E-state index contributed by atoms with van der Waals surface area (Å²) in [6, 6.07) is 20.5. The smallest absolute Gasteiger partial charge is 0.299 e. The van der Waals surface area contributed by atoms with Crippen LogP contribution in [0.25, 0.3) is 0 Å². The molecule has 1 saturated carbocycles. The standard InChI is InChI=1S/C35H35N5O6S/c1-35(2,23-7-12-27(13-8-23)46-34-39-36-20-47-34)22-5-10-26(11-6-22)45-28-16-25(17-28)37-24-9-4-21(19-41)29(18-24)33(44)40(3)30-14-15-31(42)38-32(30)43/h4-13,18-20,25,28,30,37H,14-17H2,1-3H3,(H,38,42,43). The van der Waals surface area contributed by atoms with Crippen LogP contribution in [-0.4, -0.2) is 64.3 Å².